The molecule has 0 aliphatic heterocycles. The largest absolute Gasteiger partial charge is 0.465 e. The molecule has 0 aromatic heterocycles. The Kier molecular flexibility index (Phi) is 9.79. The lowest BCUT2D eigenvalue weighted by atomic mass is 10.5. The van der Waals surface area contributed by atoms with E-state index < -0.39 is 12.1 Å². The zero-order valence-electron chi connectivity index (χ0n) is 6.78. The van der Waals surface area contributed by atoms with Gasteiger partial charge in [0.2, 0.25) is 0 Å². The lowest BCUT2D eigenvalue weighted by molar-refractivity contribution is -0.142. The van der Waals surface area contributed by atoms with Gasteiger partial charge in [-0.3, -0.25) is 10.1 Å². The topological polar surface area (TPSA) is 81.4 Å². The number of carbonyl (C=O) groups is 2. The Morgan fingerprint density at radius 3 is 2.75 bits per heavy atom. The number of rotatable bonds is 5. The van der Waals surface area contributed by atoms with E-state index in [0.29, 0.717) is 12.9 Å². The number of carbonyl (C=O) groups excluding carboxylic acids is 2. The summed E-state index contributed by atoms with van der Waals surface area (Å²) in [5.41, 5.74) is 5.13. The molecule has 0 aliphatic carbocycles. The molecule has 0 aromatic rings. The molecule has 1 unspecified atom stereocenters. The summed E-state index contributed by atoms with van der Waals surface area (Å²) in [4.78, 5) is 20.5. The fourth-order valence-corrected chi connectivity index (χ4v) is 0.461. The highest BCUT2D eigenvalue weighted by atomic mass is 35.5. The van der Waals surface area contributed by atoms with Gasteiger partial charge in [0.1, 0.15) is 6.17 Å². The fourth-order valence-electron chi connectivity index (χ4n) is 0.461. The molecule has 0 spiro atoms. The number of nitrogens with one attached hydrogen (secondary N) is 1. The van der Waals surface area contributed by atoms with E-state index in [1.807, 2.05) is 0 Å². The standard InChI is InChI=1S/C6H12N2O3.ClH/c1-2-11-6(10)3-8-5(7)4-9;/h4-5,8H,2-3,7H2,1H3;1H. The molecule has 0 heterocycles. The third-order valence-corrected chi connectivity index (χ3v) is 0.934. The normalized spacial score (nSPS) is 11.2. The predicted molar refractivity (Wildman–Crippen MR) is 45.9 cm³/mol. The van der Waals surface area contributed by atoms with Crippen LogP contribution >= 0.6 is 12.4 Å². The van der Waals surface area contributed by atoms with Crippen LogP contribution in [0.15, 0.2) is 0 Å². The van der Waals surface area contributed by atoms with Crippen molar-refractivity contribution in [1.82, 2.24) is 5.32 Å². The van der Waals surface area contributed by atoms with Crippen molar-refractivity contribution in [2.45, 2.75) is 13.1 Å². The first-order valence-electron chi connectivity index (χ1n) is 3.30. The lowest BCUT2D eigenvalue weighted by Gasteiger charge is -2.05. The molecule has 0 amide bonds. The number of hydrogen-bond donors (Lipinski definition) is 2. The number of nitrogens with two attached hydrogens (primary N) is 1. The third-order valence-electron chi connectivity index (χ3n) is 0.934. The summed E-state index contributed by atoms with van der Waals surface area (Å²) >= 11 is 0. The maximum absolute atomic E-state index is 10.6. The molecule has 0 bridgehead atoms. The maximum Gasteiger partial charge on any atom is 0.319 e. The molecule has 0 rings (SSSR count). The van der Waals surface area contributed by atoms with E-state index in [-0.39, 0.29) is 19.0 Å². The van der Waals surface area contributed by atoms with Crippen molar-refractivity contribution in [2.75, 3.05) is 13.2 Å². The number of esters is 1. The lowest BCUT2D eigenvalue weighted by Crippen LogP contribution is -2.41. The Hall–Kier alpha value is -0.650. The Bertz CT molecular complexity index is 143. The summed E-state index contributed by atoms with van der Waals surface area (Å²) < 4.78 is 4.56. The van der Waals surface area contributed by atoms with E-state index in [1.54, 1.807) is 6.92 Å². The van der Waals surface area contributed by atoms with Gasteiger partial charge in [-0.05, 0) is 6.92 Å². The van der Waals surface area contributed by atoms with E-state index in [1.165, 1.54) is 0 Å². The summed E-state index contributed by atoms with van der Waals surface area (Å²) in [6.07, 6.45) is -0.279. The maximum atomic E-state index is 10.6. The summed E-state index contributed by atoms with van der Waals surface area (Å²) in [7, 11) is 0. The molecule has 72 valence electrons. The number of halogens is 1. The van der Waals surface area contributed by atoms with Gasteiger partial charge in [-0.15, -0.1) is 12.4 Å². The van der Waals surface area contributed by atoms with Crippen molar-refractivity contribution in [3.05, 3.63) is 0 Å². The van der Waals surface area contributed by atoms with Crippen molar-refractivity contribution in [3.8, 4) is 0 Å². The van der Waals surface area contributed by atoms with Gasteiger partial charge in [0.15, 0.2) is 6.29 Å². The number of hydrogen-bond acceptors (Lipinski definition) is 5. The molecule has 0 fully saturated rings. The van der Waals surface area contributed by atoms with Crippen molar-refractivity contribution in [3.63, 3.8) is 0 Å². The van der Waals surface area contributed by atoms with Crippen LogP contribution in [0.1, 0.15) is 6.92 Å². The van der Waals surface area contributed by atoms with Crippen molar-refractivity contribution in [1.29, 1.82) is 0 Å². The molecule has 0 aromatic carbocycles. The zero-order valence-corrected chi connectivity index (χ0v) is 7.60. The van der Waals surface area contributed by atoms with E-state index in [2.05, 4.69) is 10.1 Å². The second-order valence-electron chi connectivity index (χ2n) is 1.85. The van der Waals surface area contributed by atoms with Gasteiger partial charge < -0.3 is 15.3 Å². The van der Waals surface area contributed by atoms with Crippen LogP contribution < -0.4 is 11.1 Å². The molecule has 0 radical (unpaired) electrons. The Labute approximate surface area is 77.0 Å². The quantitative estimate of drug-likeness (QED) is 0.337. The van der Waals surface area contributed by atoms with Gasteiger partial charge in [0.05, 0.1) is 13.2 Å². The van der Waals surface area contributed by atoms with Gasteiger partial charge >= 0.3 is 5.97 Å². The minimum Gasteiger partial charge on any atom is -0.465 e. The average Bonchev–Trinajstić information content (AvgIpc) is 2.01. The molecule has 5 nitrogen and oxygen atoms in total. The van der Waals surface area contributed by atoms with Crippen LogP contribution in [0.4, 0.5) is 0 Å². The van der Waals surface area contributed by atoms with Gasteiger partial charge in [0.25, 0.3) is 0 Å². The molecule has 1 atom stereocenters. The predicted octanol–water partition coefficient (Wildman–Crippen LogP) is -0.955. The zero-order chi connectivity index (χ0) is 8.69. The summed E-state index contributed by atoms with van der Waals surface area (Å²) in [5.74, 6) is -0.412. The van der Waals surface area contributed by atoms with E-state index >= 15 is 0 Å². The SMILES string of the molecule is CCOC(=O)CNC(N)C=O.Cl. The molecular formula is C6H13ClN2O3. The van der Waals surface area contributed by atoms with Crippen LogP contribution in [0.5, 0.6) is 0 Å². The second-order valence-corrected chi connectivity index (χ2v) is 1.85. The van der Waals surface area contributed by atoms with Crippen LogP contribution in [0.25, 0.3) is 0 Å². The first-order valence-corrected chi connectivity index (χ1v) is 3.30. The summed E-state index contributed by atoms with van der Waals surface area (Å²) in [5, 5.41) is 2.45. The Morgan fingerprint density at radius 1 is 1.75 bits per heavy atom. The smallest absolute Gasteiger partial charge is 0.319 e. The fraction of sp³-hybridized carbons (Fsp3) is 0.667. The number of ether oxygens (including phenoxy) is 1. The summed E-state index contributed by atoms with van der Waals surface area (Å²) in [6.45, 7) is 2.00. The highest BCUT2D eigenvalue weighted by Gasteiger charge is 2.03. The molecule has 6 heteroatoms. The van der Waals surface area contributed by atoms with E-state index in [0.717, 1.165) is 0 Å². The van der Waals surface area contributed by atoms with Crippen LogP contribution in [-0.4, -0.2) is 31.6 Å². The summed E-state index contributed by atoms with van der Waals surface area (Å²) in [6, 6.07) is 0. The molecule has 12 heavy (non-hydrogen) atoms. The van der Waals surface area contributed by atoms with Gasteiger partial charge in [-0.2, -0.15) is 0 Å². The van der Waals surface area contributed by atoms with Crippen LogP contribution in [0.3, 0.4) is 0 Å². The third kappa shape index (κ3) is 7.46. The van der Waals surface area contributed by atoms with Gasteiger partial charge in [-0.25, -0.2) is 0 Å². The number of aldehydes is 1. The minimum absolute atomic E-state index is 0. The highest BCUT2D eigenvalue weighted by Crippen LogP contribution is 1.74. The molecule has 0 aliphatic rings. The molecular weight excluding hydrogens is 184 g/mol. The average molecular weight is 197 g/mol. The van der Waals surface area contributed by atoms with E-state index in [9.17, 15) is 9.59 Å². The molecule has 0 saturated carbocycles. The van der Waals surface area contributed by atoms with Crippen LogP contribution in [0, 0.1) is 0 Å². The highest BCUT2D eigenvalue weighted by molar-refractivity contribution is 5.85. The molecule has 0 saturated heterocycles. The van der Waals surface area contributed by atoms with Crippen molar-refractivity contribution < 1.29 is 14.3 Å². The first kappa shape index (κ1) is 13.9. The van der Waals surface area contributed by atoms with Crippen LogP contribution in [0.2, 0.25) is 0 Å². The Morgan fingerprint density at radius 2 is 2.33 bits per heavy atom. The molecule has 3 N–H and O–H groups in total. The van der Waals surface area contributed by atoms with Crippen molar-refractivity contribution in [2.24, 2.45) is 5.73 Å². The van der Waals surface area contributed by atoms with Gasteiger partial charge in [-0.1, -0.05) is 0 Å². The van der Waals surface area contributed by atoms with Crippen LogP contribution in [-0.2, 0) is 14.3 Å². The van der Waals surface area contributed by atoms with E-state index in [4.69, 9.17) is 5.73 Å². The monoisotopic (exact) mass is 196 g/mol. The first-order chi connectivity index (χ1) is 5.20. The van der Waals surface area contributed by atoms with Gasteiger partial charge in [0, 0.05) is 0 Å². The second kappa shape index (κ2) is 8.45. The minimum atomic E-state index is -0.792. The van der Waals surface area contributed by atoms with Crippen molar-refractivity contribution >= 4 is 24.7 Å². The Balaban J connectivity index is 0.